The molecular weight excluding hydrogens is 199 g/mol. The molecule has 0 aromatic heterocycles. The van der Waals surface area contributed by atoms with Crippen molar-refractivity contribution >= 4 is 5.78 Å². The number of carbonyl (C=O) groups is 1. The number of ketones is 1. The number of Topliss-reactive ketones (excluding diaryl/α,β-unsaturated/α-hetero) is 1. The monoisotopic (exact) mass is 208 g/mol. The Bertz CT molecular complexity index is 426. The van der Waals surface area contributed by atoms with E-state index in [2.05, 4.69) is 0 Å². The van der Waals surface area contributed by atoms with E-state index < -0.39 is 5.82 Å². The van der Waals surface area contributed by atoms with Crippen molar-refractivity contribution in [1.82, 2.24) is 0 Å². The van der Waals surface area contributed by atoms with Crippen LogP contribution in [0.15, 0.2) is 18.2 Å². The fraction of sp³-hybridized carbons (Fsp3) is 0.364. The zero-order chi connectivity index (χ0) is 10.4. The Labute approximate surface area is 85.8 Å². The summed E-state index contributed by atoms with van der Waals surface area (Å²) in [6, 6.07) is 4.01. The summed E-state index contributed by atoms with van der Waals surface area (Å²) in [4.78, 5) is 11.7. The molecular formula is C11H9FO3. The molecule has 2 heterocycles. The highest BCUT2D eigenvalue weighted by Crippen LogP contribution is 2.32. The quantitative estimate of drug-likeness (QED) is 0.657. The minimum Gasteiger partial charge on any atom is -0.486 e. The number of carbonyl (C=O) groups excluding carboxylic acids is 1. The number of benzene rings is 1. The van der Waals surface area contributed by atoms with Crippen LogP contribution in [0.2, 0.25) is 0 Å². The van der Waals surface area contributed by atoms with Crippen molar-refractivity contribution in [2.45, 2.75) is 18.6 Å². The lowest BCUT2D eigenvalue weighted by Crippen LogP contribution is -2.31. The van der Waals surface area contributed by atoms with Crippen LogP contribution in [0.1, 0.15) is 16.8 Å². The first kappa shape index (κ1) is 8.85. The zero-order valence-electron chi connectivity index (χ0n) is 7.90. The average molecular weight is 208 g/mol. The van der Waals surface area contributed by atoms with E-state index >= 15 is 0 Å². The van der Waals surface area contributed by atoms with Crippen LogP contribution in [0.5, 0.6) is 5.75 Å². The van der Waals surface area contributed by atoms with Gasteiger partial charge in [-0.3, -0.25) is 4.79 Å². The topological polar surface area (TPSA) is 38.8 Å². The lowest BCUT2D eigenvalue weighted by molar-refractivity contribution is 0.0799. The smallest absolute Gasteiger partial charge is 0.170 e. The van der Waals surface area contributed by atoms with Gasteiger partial charge in [0, 0.05) is 0 Å². The molecule has 0 bridgehead atoms. The van der Waals surface area contributed by atoms with E-state index in [1.54, 1.807) is 0 Å². The largest absolute Gasteiger partial charge is 0.486 e. The third-order valence-corrected chi connectivity index (χ3v) is 2.68. The molecule has 3 rings (SSSR count). The van der Waals surface area contributed by atoms with E-state index in [0.29, 0.717) is 17.9 Å². The molecule has 0 amide bonds. The first-order valence-electron chi connectivity index (χ1n) is 4.85. The molecule has 1 saturated heterocycles. The van der Waals surface area contributed by atoms with Crippen LogP contribution < -0.4 is 4.74 Å². The van der Waals surface area contributed by atoms with Crippen LogP contribution in [0.4, 0.5) is 4.39 Å². The lowest BCUT2D eigenvalue weighted by atomic mass is 9.99. The molecule has 1 aromatic carbocycles. The summed E-state index contributed by atoms with van der Waals surface area (Å²) in [5.74, 6) is -0.0174. The molecule has 2 aliphatic heterocycles. The summed E-state index contributed by atoms with van der Waals surface area (Å²) in [6.45, 7) is 0.647. The number of fused-ring (bicyclic) bond motifs is 1. The van der Waals surface area contributed by atoms with Crippen LogP contribution in [0, 0.1) is 5.82 Å². The van der Waals surface area contributed by atoms with E-state index in [4.69, 9.17) is 9.47 Å². The molecule has 1 aromatic rings. The summed E-state index contributed by atoms with van der Waals surface area (Å²) in [6.07, 6.45) is 0.115. The van der Waals surface area contributed by atoms with Gasteiger partial charge in [-0.05, 0) is 18.2 Å². The fourth-order valence-corrected chi connectivity index (χ4v) is 1.80. The van der Waals surface area contributed by atoms with Gasteiger partial charge < -0.3 is 9.47 Å². The molecule has 0 spiro atoms. The Morgan fingerprint density at radius 3 is 2.87 bits per heavy atom. The summed E-state index contributed by atoms with van der Waals surface area (Å²) in [5.41, 5.74) is 0.340. The van der Waals surface area contributed by atoms with E-state index in [1.165, 1.54) is 18.2 Å². The molecule has 2 unspecified atom stereocenters. The minimum atomic E-state index is -0.410. The van der Waals surface area contributed by atoms with Gasteiger partial charge in [0.25, 0.3) is 0 Å². The standard InChI is InChI=1S/C11H9FO3/c12-6-1-2-9-7(3-6)8(13)4-10(15-9)11-5-14-11/h1-3,10-11H,4-5H2. The fourth-order valence-electron chi connectivity index (χ4n) is 1.80. The van der Waals surface area contributed by atoms with Crippen molar-refractivity contribution < 1.29 is 18.7 Å². The molecule has 2 atom stereocenters. The van der Waals surface area contributed by atoms with E-state index in [0.717, 1.165) is 0 Å². The Hall–Kier alpha value is -1.42. The molecule has 0 N–H and O–H groups in total. The first-order chi connectivity index (χ1) is 7.24. The Morgan fingerprint density at radius 2 is 2.13 bits per heavy atom. The SMILES string of the molecule is O=C1CC(C2CO2)Oc2ccc(F)cc21. The van der Waals surface area contributed by atoms with Crippen LogP contribution in [-0.4, -0.2) is 24.6 Å². The highest BCUT2D eigenvalue weighted by molar-refractivity contribution is 6.00. The number of epoxide rings is 1. The van der Waals surface area contributed by atoms with E-state index in [-0.39, 0.29) is 24.4 Å². The van der Waals surface area contributed by atoms with Gasteiger partial charge in [0.05, 0.1) is 18.6 Å². The molecule has 0 saturated carbocycles. The number of ether oxygens (including phenoxy) is 2. The maximum absolute atomic E-state index is 12.9. The molecule has 15 heavy (non-hydrogen) atoms. The van der Waals surface area contributed by atoms with Gasteiger partial charge in [0.15, 0.2) is 5.78 Å². The maximum atomic E-state index is 12.9. The maximum Gasteiger partial charge on any atom is 0.170 e. The first-order valence-corrected chi connectivity index (χ1v) is 4.85. The summed E-state index contributed by atoms with van der Waals surface area (Å²) in [7, 11) is 0. The number of hydrogen-bond donors (Lipinski definition) is 0. The van der Waals surface area contributed by atoms with Crippen molar-refractivity contribution in [2.75, 3.05) is 6.61 Å². The molecule has 3 nitrogen and oxygen atoms in total. The van der Waals surface area contributed by atoms with Gasteiger partial charge in [-0.15, -0.1) is 0 Å². The Morgan fingerprint density at radius 1 is 1.33 bits per heavy atom. The van der Waals surface area contributed by atoms with Crippen LogP contribution in [0.25, 0.3) is 0 Å². The van der Waals surface area contributed by atoms with Crippen LogP contribution in [-0.2, 0) is 4.74 Å². The highest BCUT2D eigenvalue weighted by atomic mass is 19.1. The summed E-state index contributed by atoms with van der Waals surface area (Å²) >= 11 is 0. The molecule has 4 heteroatoms. The predicted octanol–water partition coefficient (Wildman–Crippen LogP) is 1.56. The average Bonchev–Trinajstić information content (AvgIpc) is 3.02. The second-order valence-corrected chi connectivity index (χ2v) is 3.80. The van der Waals surface area contributed by atoms with Gasteiger partial charge >= 0.3 is 0 Å². The number of rotatable bonds is 1. The summed E-state index contributed by atoms with van der Waals surface area (Å²) in [5, 5.41) is 0. The number of hydrogen-bond acceptors (Lipinski definition) is 3. The van der Waals surface area contributed by atoms with Crippen LogP contribution in [0.3, 0.4) is 0 Å². The molecule has 2 aliphatic rings. The third-order valence-electron chi connectivity index (χ3n) is 2.68. The normalized spacial score (nSPS) is 28.2. The van der Waals surface area contributed by atoms with Gasteiger partial charge in [-0.2, -0.15) is 0 Å². The Balaban J connectivity index is 1.96. The van der Waals surface area contributed by atoms with Crippen molar-refractivity contribution in [1.29, 1.82) is 0 Å². The van der Waals surface area contributed by atoms with Crippen molar-refractivity contribution in [3.63, 3.8) is 0 Å². The molecule has 0 radical (unpaired) electrons. The van der Waals surface area contributed by atoms with Crippen molar-refractivity contribution in [3.8, 4) is 5.75 Å². The second-order valence-electron chi connectivity index (χ2n) is 3.80. The van der Waals surface area contributed by atoms with Crippen molar-refractivity contribution in [3.05, 3.63) is 29.6 Å². The van der Waals surface area contributed by atoms with Gasteiger partial charge in [-0.1, -0.05) is 0 Å². The van der Waals surface area contributed by atoms with Crippen molar-refractivity contribution in [2.24, 2.45) is 0 Å². The van der Waals surface area contributed by atoms with E-state index in [9.17, 15) is 9.18 Å². The molecule has 78 valence electrons. The molecule has 0 aliphatic carbocycles. The third kappa shape index (κ3) is 1.51. The predicted molar refractivity (Wildman–Crippen MR) is 49.5 cm³/mol. The van der Waals surface area contributed by atoms with Crippen LogP contribution >= 0.6 is 0 Å². The van der Waals surface area contributed by atoms with E-state index in [1.807, 2.05) is 0 Å². The zero-order valence-corrected chi connectivity index (χ0v) is 7.90. The Kier molecular flexibility index (Phi) is 1.79. The number of halogens is 1. The highest BCUT2D eigenvalue weighted by Gasteiger charge is 2.39. The van der Waals surface area contributed by atoms with Gasteiger partial charge in [-0.25, -0.2) is 4.39 Å². The van der Waals surface area contributed by atoms with Gasteiger partial charge in [0.1, 0.15) is 23.8 Å². The lowest BCUT2D eigenvalue weighted by Gasteiger charge is -2.23. The minimum absolute atomic E-state index is 0.0344. The summed E-state index contributed by atoms with van der Waals surface area (Å²) < 4.78 is 23.6. The second kappa shape index (κ2) is 3.03. The molecule has 1 fully saturated rings. The van der Waals surface area contributed by atoms with Gasteiger partial charge in [0.2, 0.25) is 0 Å².